The maximum absolute atomic E-state index is 13.7. The van der Waals surface area contributed by atoms with Crippen molar-refractivity contribution in [2.45, 2.75) is 32.7 Å². The summed E-state index contributed by atoms with van der Waals surface area (Å²) in [5, 5.41) is 9.36. The fourth-order valence-electron chi connectivity index (χ4n) is 5.02. The minimum atomic E-state index is -0.350. The van der Waals surface area contributed by atoms with E-state index in [0.29, 0.717) is 43.8 Å². The summed E-state index contributed by atoms with van der Waals surface area (Å²) in [6, 6.07) is 16.1. The Kier molecular flexibility index (Phi) is 6.60. The number of amides is 1. The molecule has 1 aliphatic heterocycles. The Morgan fingerprint density at radius 3 is 2.51 bits per heavy atom. The summed E-state index contributed by atoms with van der Waals surface area (Å²) in [5.74, 6) is -0.804. The van der Waals surface area contributed by atoms with Gasteiger partial charge in [0.1, 0.15) is 16.8 Å². The van der Waals surface area contributed by atoms with E-state index in [0.717, 1.165) is 5.56 Å². The third-order valence-electron chi connectivity index (χ3n) is 7.06. The van der Waals surface area contributed by atoms with Gasteiger partial charge in [-0.3, -0.25) is 24.2 Å². The number of fused-ring (bicyclic) bond motifs is 2. The van der Waals surface area contributed by atoms with Crippen LogP contribution in [0.5, 0.6) is 0 Å². The molecule has 0 radical (unpaired) electrons. The lowest BCUT2D eigenvalue weighted by Gasteiger charge is -2.31. The number of piperidine rings is 1. The molecule has 1 unspecified atom stereocenters. The number of hydrogen-bond acceptors (Lipinski definition) is 6. The van der Waals surface area contributed by atoms with Crippen molar-refractivity contribution in [3.63, 3.8) is 0 Å². The van der Waals surface area contributed by atoms with Gasteiger partial charge in [0.15, 0.2) is 0 Å². The Balaban J connectivity index is 1.63. The fourth-order valence-corrected chi connectivity index (χ4v) is 5.02. The van der Waals surface area contributed by atoms with Gasteiger partial charge in [0.05, 0.1) is 29.5 Å². The van der Waals surface area contributed by atoms with Gasteiger partial charge in [-0.05, 0) is 50.5 Å². The van der Waals surface area contributed by atoms with Crippen LogP contribution in [0.25, 0.3) is 16.7 Å². The van der Waals surface area contributed by atoms with Crippen LogP contribution in [-0.2, 0) is 9.53 Å². The first-order valence-corrected chi connectivity index (χ1v) is 12.5. The number of nitrogens with one attached hydrogen (secondary N) is 1. The summed E-state index contributed by atoms with van der Waals surface area (Å²) in [6.07, 6.45) is 2.65. The molecule has 9 heteroatoms. The molecular formula is C28H29N5O4. The Labute approximate surface area is 213 Å². The molecule has 1 atom stereocenters. The van der Waals surface area contributed by atoms with Crippen LogP contribution in [0, 0.1) is 11.3 Å². The highest BCUT2D eigenvalue weighted by molar-refractivity contribution is 5.97. The molecule has 1 aliphatic rings. The van der Waals surface area contributed by atoms with Crippen LogP contribution in [0.1, 0.15) is 48.7 Å². The van der Waals surface area contributed by atoms with Gasteiger partial charge >= 0.3 is 5.97 Å². The second kappa shape index (κ2) is 10.0. The Hall–Kier alpha value is -4.27. The Morgan fingerprint density at radius 1 is 1.11 bits per heavy atom. The van der Waals surface area contributed by atoms with E-state index in [4.69, 9.17) is 15.1 Å². The number of benzene rings is 1. The Morgan fingerprint density at radius 2 is 1.81 bits per heavy atom. The summed E-state index contributed by atoms with van der Waals surface area (Å²) in [7, 11) is 0. The number of likely N-dealkylation sites (tertiary alicyclic amines) is 1. The molecule has 0 spiro atoms. The molecule has 1 saturated heterocycles. The summed E-state index contributed by atoms with van der Waals surface area (Å²) in [5.41, 5.74) is 1.58. The average molecular weight is 500 g/mol. The number of pyridine rings is 2. The molecule has 4 heterocycles. The predicted molar refractivity (Wildman–Crippen MR) is 138 cm³/mol. The first kappa shape index (κ1) is 24.4. The van der Waals surface area contributed by atoms with Gasteiger partial charge in [-0.15, -0.1) is 0 Å². The molecule has 4 aromatic rings. The number of carbonyl (C=O) groups excluding carboxylic acids is 2. The van der Waals surface area contributed by atoms with Gasteiger partial charge in [0, 0.05) is 19.3 Å². The summed E-state index contributed by atoms with van der Waals surface area (Å²) in [4.78, 5) is 45.7. The van der Waals surface area contributed by atoms with Crippen LogP contribution in [0.4, 0.5) is 0 Å². The van der Waals surface area contributed by atoms with Crippen LogP contribution in [0.3, 0.4) is 0 Å². The molecule has 5 rings (SSSR count). The first-order chi connectivity index (χ1) is 17.9. The maximum atomic E-state index is 13.7. The highest BCUT2D eigenvalue weighted by Gasteiger charge is 2.30. The quantitative estimate of drug-likeness (QED) is 0.335. The van der Waals surface area contributed by atoms with Gasteiger partial charge in [0.25, 0.3) is 11.5 Å². The van der Waals surface area contributed by atoms with E-state index in [2.05, 4.69) is 0 Å². The number of ether oxygens (including phenoxy) is 1. The first-order valence-electron chi connectivity index (χ1n) is 12.5. The van der Waals surface area contributed by atoms with Crippen LogP contribution >= 0.6 is 0 Å². The molecule has 190 valence electrons. The van der Waals surface area contributed by atoms with Crippen LogP contribution in [-0.4, -0.2) is 50.4 Å². The molecule has 0 saturated carbocycles. The topological polar surface area (TPSA) is 110 Å². The number of aromatic nitrogens is 3. The summed E-state index contributed by atoms with van der Waals surface area (Å²) in [6.45, 7) is 4.79. The summed E-state index contributed by atoms with van der Waals surface area (Å²) < 4.78 is 8.25. The zero-order valence-electron chi connectivity index (χ0n) is 20.9. The van der Waals surface area contributed by atoms with Crippen molar-refractivity contribution in [2.24, 2.45) is 5.92 Å². The lowest BCUT2D eigenvalue weighted by molar-refractivity contribution is -0.149. The molecule has 37 heavy (non-hydrogen) atoms. The SMILES string of the molecule is CCOC(=O)C1CCN(C(=O)c2cc3c(=O)n4ccccc4nc3n(C(C)c3ccccc3)c2=N)CC1. The summed E-state index contributed by atoms with van der Waals surface area (Å²) >= 11 is 0. The van der Waals surface area contributed by atoms with Gasteiger partial charge in [-0.1, -0.05) is 36.4 Å². The average Bonchev–Trinajstić information content (AvgIpc) is 2.93. The number of esters is 1. The van der Waals surface area contributed by atoms with Gasteiger partial charge < -0.3 is 14.2 Å². The largest absolute Gasteiger partial charge is 0.466 e. The second-order valence-corrected chi connectivity index (χ2v) is 9.26. The Bertz CT molecular complexity index is 1600. The molecule has 0 aliphatic carbocycles. The molecule has 3 aromatic heterocycles. The zero-order valence-corrected chi connectivity index (χ0v) is 20.9. The van der Waals surface area contributed by atoms with E-state index in [-0.39, 0.29) is 45.8 Å². The lowest BCUT2D eigenvalue weighted by Crippen LogP contribution is -2.43. The van der Waals surface area contributed by atoms with E-state index >= 15 is 0 Å². The standard InChI is InChI=1S/C28H29N5O4/c1-3-37-28(36)20-12-15-31(16-13-20)26(34)21-17-22-25(30-23-11-7-8-14-32(23)27(22)35)33(24(21)29)18(2)19-9-5-4-6-10-19/h4-11,14,17-18,20,29H,3,12-13,15-16H2,1-2H3. The monoisotopic (exact) mass is 499 g/mol. The van der Waals surface area contributed by atoms with E-state index in [1.807, 2.05) is 37.3 Å². The van der Waals surface area contributed by atoms with Crippen molar-refractivity contribution in [3.8, 4) is 0 Å². The van der Waals surface area contributed by atoms with Crippen LogP contribution < -0.4 is 11.0 Å². The third kappa shape index (κ3) is 4.41. The molecule has 9 nitrogen and oxygen atoms in total. The lowest BCUT2D eigenvalue weighted by atomic mass is 9.96. The number of carbonyl (C=O) groups is 2. The van der Waals surface area contributed by atoms with E-state index in [1.165, 1.54) is 10.5 Å². The minimum absolute atomic E-state index is 0.00597. The van der Waals surface area contributed by atoms with Gasteiger partial charge in [0.2, 0.25) is 0 Å². The normalized spacial score (nSPS) is 15.1. The van der Waals surface area contributed by atoms with E-state index < -0.39 is 0 Å². The van der Waals surface area contributed by atoms with Crippen molar-refractivity contribution in [3.05, 3.63) is 87.8 Å². The van der Waals surface area contributed by atoms with Gasteiger partial charge in [-0.25, -0.2) is 4.98 Å². The van der Waals surface area contributed by atoms with Crippen molar-refractivity contribution >= 4 is 28.6 Å². The van der Waals surface area contributed by atoms with Crippen molar-refractivity contribution in [1.29, 1.82) is 5.41 Å². The van der Waals surface area contributed by atoms with Crippen molar-refractivity contribution < 1.29 is 14.3 Å². The number of rotatable bonds is 5. The number of nitrogens with zero attached hydrogens (tertiary/aromatic N) is 4. The molecule has 1 N–H and O–H groups in total. The molecule has 1 amide bonds. The molecule has 1 fully saturated rings. The van der Waals surface area contributed by atoms with Crippen molar-refractivity contribution in [1.82, 2.24) is 18.9 Å². The molecule has 0 bridgehead atoms. The van der Waals surface area contributed by atoms with E-state index in [1.54, 1.807) is 40.8 Å². The highest BCUT2D eigenvalue weighted by Crippen LogP contribution is 2.23. The molecular weight excluding hydrogens is 470 g/mol. The van der Waals surface area contributed by atoms with Crippen LogP contribution in [0.2, 0.25) is 0 Å². The smallest absolute Gasteiger partial charge is 0.309 e. The minimum Gasteiger partial charge on any atom is -0.466 e. The van der Waals surface area contributed by atoms with E-state index in [9.17, 15) is 14.4 Å². The predicted octanol–water partition coefficient (Wildman–Crippen LogP) is 3.15. The van der Waals surface area contributed by atoms with Crippen molar-refractivity contribution in [2.75, 3.05) is 19.7 Å². The van der Waals surface area contributed by atoms with Gasteiger partial charge in [-0.2, -0.15) is 0 Å². The molecule has 1 aromatic carbocycles. The number of hydrogen-bond donors (Lipinski definition) is 1. The third-order valence-corrected chi connectivity index (χ3v) is 7.06. The zero-order chi connectivity index (χ0) is 26.1. The van der Waals surface area contributed by atoms with Crippen LogP contribution in [0.15, 0.2) is 65.6 Å². The second-order valence-electron chi connectivity index (χ2n) is 9.26. The fraction of sp³-hybridized carbons (Fsp3) is 0.321. The highest BCUT2D eigenvalue weighted by atomic mass is 16.5. The maximum Gasteiger partial charge on any atom is 0.309 e.